The number of carboxylic acid groups (broad SMARTS) is 2. The van der Waals surface area contributed by atoms with Crippen molar-refractivity contribution >= 4 is 29.7 Å². The van der Waals surface area contributed by atoms with E-state index in [4.69, 9.17) is 5.11 Å². The van der Waals surface area contributed by atoms with Crippen LogP contribution in [0.2, 0.25) is 0 Å². The summed E-state index contributed by atoms with van der Waals surface area (Å²) in [4.78, 5) is 60.1. The van der Waals surface area contributed by atoms with Gasteiger partial charge in [-0.2, -0.15) is 0 Å². The Morgan fingerprint density at radius 1 is 1.06 bits per heavy atom. The molecule has 11 heteroatoms. The molecule has 2 fully saturated rings. The first-order chi connectivity index (χ1) is 14.8. The fourth-order valence-corrected chi connectivity index (χ4v) is 4.00. The summed E-state index contributed by atoms with van der Waals surface area (Å²) in [5.41, 5.74) is 0. The molecule has 2 heterocycles. The monoisotopic (exact) mass is 440 g/mol. The van der Waals surface area contributed by atoms with E-state index in [-0.39, 0.29) is 18.4 Å². The summed E-state index contributed by atoms with van der Waals surface area (Å²) in [6.45, 7) is 2.51. The Morgan fingerprint density at radius 3 is 2.42 bits per heavy atom. The second kappa shape index (κ2) is 12.2. The molecule has 174 valence electrons. The van der Waals surface area contributed by atoms with Crippen LogP contribution in [0, 0.1) is 11.8 Å². The highest BCUT2D eigenvalue weighted by Gasteiger charge is 2.30. The molecule has 2 aliphatic rings. The van der Waals surface area contributed by atoms with E-state index in [1.165, 1.54) is 0 Å². The molecule has 2 rings (SSSR count). The van der Waals surface area contributed by atoms with Crippen molar-refractivity contribution in [1.82, 2.24) is 20.9 Å². The highest BCUT2D eigenvalue weighted by atomic mass is 16.4. The largest absolute Gasteiger partial charge is 0.481 e. The quantitative estimate of drug-likeness (QED) is 0.274. The number of nitrogens with zero attached hydrogens (tertiary/aromatic N) is 1. The van der Waals surface area contributed by atoms with E-state index in [1.54, 1.807) is 4.90 Å². The molecule has 0 unspecified atom stereocenters. The predicted octanol–water partition coefficient (Wildman–Crippen LogP) is -0.835. The maximum atomic E-state index is 12.6. The smallest absolute Gasteiger partial charge is 0.328 e. The van der Waals surface area contributed by atoms with Crippen LogP contribution in [0.15, 0.2) is 0 Å². The second-order valence-electron chi connectivity index (χ2n) is 8.18. The lowest BCUT2D eigenvalue weighted by Gasteiger charge is -2.33. The molecular formula is C20H32N4O7. The maximum absolute atomic E-state index is 12.6. The van der Waals surface area contributed by atoms with Crippen molar-refractivity contribution in [3.8, 4) is 0 Å². The molecule has 2 atom stereocenters. The summed E-state index contributed by atoms with van der Waals surface area (Å²) in [6.07, 6.45) is 3.90. The minimum atomic E-state index is -1.43. The van der Waals surface area contributed by atoms with Gasteiger partial charge in [0.2, 0.25) is 17.7 Å². The number of carbonyl (C=O) groups is 5. The van der Waals surface area contributed by atoms with Crippen LogP contribution in [0.5, 0.6) is 0 Å². The van der Waals surface area contributed by atoms with Crippen molar-refractivity contribution in [1.29, 1.82) is 0 Å². The van der Waals surface area contributed by atoms with Crippen LogP contribution < -0.4 is 16.0 Å². The third-order valence-electron chi connectivity index (χ3n) is 5.80. The van der Waals surface area contributed by atoms with Gasteiger partial charge in [0.25, 0.3) is 0 Å². The third kappa shape index (κ3) is 8.52. The van der Waals surface area contributed by atoms with Crippen molar-refractivity contribution in [3.05, 3.63) is 0 Å². The lowest BCUT2D eigenvalue weighted by molar-refractivity contribution is -0.145. The van der Waals surface area contributed by atoms with Gasteiger partial charge in [0.15, 0.2) is 0 Å². The highest BCUT2D eigenvalue weighted by Crippen LogP contribution is 2.21. The summed E-state index contributed by atoms with van der Waals surface area (Å²) in [7, 11) is 0. The van der Waals surface area contributed by atoms with E-state index in [1.807, 2.05) is 0 Å². The lowest BCUT2D eigenvalue weighted by Crippen LogP contribution is -2.51. The van der Waals surface area contributed by atoms with Crippen molar-refractivity contribution in [2.75, 3.05) is 32.7 Å². The van der Waals surface area contributed by atoms with E-state index in [0.29, 0.717) is 38.3 Å². The van der Waals surface area contributed by atoms with Gasteiger partial charge in [0.1, 0.15) is 12.5 Å². The molecule has 0 aromatic rings. The lowest BCUT2D eigenvalue weighted by atomic mass is 9.92. The Labute approximate surface area is 180 Å². The van der Waals surface area contributed by atoms with Crippen LogP contribution >= 0.6 is 0 Å². The number of rotatable bonds is 10. The van der Waals surface area contributed by atoms with Gasteiger partial charge in [-0.05, 0) is 51.1 Å². The molecule has 31 heavy (non-hydrogen) atoms. The fourth-order valence-electron chi connectivity index (χ4n) is 4.00. The number of aliphatic carboxylic acids is 2. The number of carboxylic acids is 2. The van der Waals surface area contributed by atoms with Gasteiger partial charge in [-0.25, -0.2) is 4.79 Å². The van der Waals surface area contributed by atoms with Gasteiger partial charge in [0, 0.05) is 26.1 Å². The number of likely N-dealkylation sites (tertiary alicyclic amines) is 1. The number of carbonyl (C=O) groups excluding carboxylic acids is 3. The Bertz CT molecular complexity index is 678. The van der Waals surface area contributed by atoms with E-state index in [9.17, 15) is 29.1 Å². The third-order valence-corrected chi connectivity index (χ3v) is 5.80. The summed E-state index contributed by atoms with van der Waals surface area (Å²) >= 11 is 0. The van der Waals surface area contributed by atoms with Gasteiger partial charge in [-0.15, -0.1) is 0 Å². The topological polar surface area (TPSA) is 165 Å². The van der Waals surface area contributed by atoms with Gasteiger partial charge in [0.05, 0.1) is 5.92 Å². The van der Waals surface area contributed by atoms with Gasteiger partial charge in [-0.3, -0.25) is 19.2 Å². The molecule has 0 saturated carbocycles. The minimum absolute atomic E-state index is 0.0420. The molecule has 0 spiro atoms. The van der Waals surface area contributed by atoms with Crippen LogP contribution in [-0.4, -0.2) is 83.5 Å². The number of amides is 3. The second-order valence-corrected chi connectivity index (χ2v) is 8.18. The SMILES string of the molecule is O=C(O)CC(=O)N[C@H](CNC(=O)[C@@H]1CCCN(C(=O)CCC2CCNCC2)C1)C(=O)O. The first-order valence-corrected chi connectivity index (χ1v) is 10.8. The average molecular weight is 440 g/mol. The Morgan fingerprint density at radius 2 is 1.77 bits per heavy atom. The number of nitrogens with one attached hydrogen (secondary N) is 3. The van der Waals surface area contributed by atoms with E-state index < -0.39 is 36.2 Å². The normalized spacial score (nSPS) is 20.5. The Hall–Kier alpha value is -2.69. The molecule has 0 aromatic heterocycles. The molecular weight excluding hydrogens is 408 g/mol. The predicted molar refractivity (Wildman–Crippen MR) is 109 cm³/mol. The van der Waals surface area contributed by atoms with Crippen molar-refractivity contribution in [3.63, 3.8) is 0 Å². The van der Waals surface area contributed by atoms with Crippen LogP contribution in [0.1, 0.15) is 44.9 Å². The van der Waals surface area contributed by atoms with Gasteiger partial charge < -0.3 is 31.1 Å². The zero-order valence-corrected chi connectivity index (χ0v) is 17.6. The summed E-state index contributed by atoms with van der Waals surface area (Å²) in [5, 5.41) is 25.7. The molecule has 5 N–H and O–H groups in total. The first-order valence-electron chi connectivity index (χ1n) is 10.8. The van der Waals surface area contributed by atoms with Crippen LogP contribution in [-0.2, 0) is 24.0 Å². The first kappa shape index (κ1) is 24.6. The molecule has 2 saturated heterocycles. The highest BCUT2D eigenvalue weighted by molar-refractivity contribution is 5.95. The van der Waals surface area contributed by atoms with Crippen molar-refractivity contribution < 1.29 is 34.2 Å². The van der Waals surface area contributed by atoms with E-state index >= 15 is 0 Å². The van der Waals surface area contributed by atoms with Gasteiger partial charge >= 0.3 is 11.9 Å². The molecule has 2 aliphatic heterocycles. The summed E-state index contributed by atoms with van der Waals surface area (Å²) < 4.78 is 0. The number of piperidine rings is 2. The molecule has 0 radical (unpaired) electrons. The molecule has 3 amide bonds. The summed E-state index contributed by atoms with van der Waals surface area (Å²) in [6, 6.07) is -1.43. The zero-order chi connectivity index (χ0) is 22.8. The van der Waals surface area contributed by atoms with E-state index in [2.05, 4.69) is 16.0 Å². The number of hydrogen-bond acceptors (Lipinski definition) is 6. The van der Waals surface area contributed by atoms with Crippen molar-refractivity contribution in [2.24, 2.45) is 11.8 Å². The standard InChI is InChI=1S/C20H32N4O7/c25-16(10-18(27)28)23-15(20(30)31)11-22-19(29)14-2-1-9-24(12-14)17(26)4-3-13-5-7-21-8-6-13/h13-15,21H,1-12H2,(H,22,29)(H,23,25)(H,27,28)(H,30,31)/t14-,15-/m1/s1. The molecule has 0 aromatic carbocycles. The Balaban J connectivity index is 1.78. The van der Waals surface area contributed by atoms with E-state index in [0.717, 1.165) is 32.4 Å². The van der Waals surface area contributed by atoms with Crippen LogP contribution in [0.3, 0.4) is 0 Å². The Kier molecular flexibility index (Phi) is 9.70. The van der Waals surface area contributed by atoms with Crippen LogP contribution in [0.25, 0.3) is 0 Å². The molecule has 0 bridgehead atoms. The van der Waals surface area contributed by atoms with Gasteiger partial charge in [-0.1, -0.05) is 0 Å². The molecule has 0 aliphatic carbocycles. The fraction of sp³-hybridized carbons (Fsp3) is 0.750. The minimum Gasteiger partial charge on any atom is -0.481 e. The maximum Gasteiger partial charge on any atom is 0.328 e. The zero-order valence-electron chi connectivity index (χ0n) is 17.6. The summed E-state index contributed by atoms with van der Waals surface area (Å²) in [5.74, 6) is -3.93. The number of hydrogen-bond donors (Lipinski definition) is 5. The average Bonchev–Trinajstić information content (AvgIpc) is 2.74. The molecule has 11 nitrogen and oxygen atoms in total. The van der Waals surface area contributed by atoms with Crippen molar-refractivity contribution in [2.45, 2.75) is 51.0 Å². The van der Waals surface area contributed by atoms with Crippen LogP contribution in [0.4, 0.5) is 0 Å².